The number of sulfonamides is 1. The molecule has 0 bridgehead atoms. The molecule has 0 saturated carbocycles. The average molecular weight is 507 g/mol. The monoisotopic (exact) mass is 506 g/mol. The summed E-state index contributed by atoms with van der Waals surface area (Å²) in [4.78, 5) is 26.0. The van der Waals surface area contributed by atoms with Crippen LogP contribution in [0, 0.1) is 5.92 Å². The van der Waals surface area contributed by atoms with Gasteiger partial charge in [-0.2, -0.15) is 4.31 Å². The highest BCUT2D eigenvalue weighted by Gasteiger charge is 2.28. The smallest absolute Gasteiger partial charge is 0.243 e. The fourth-order valence-electron chi connectivity index (χ4n) is 4.40. The van der Waals surface area contributed by atoms with Crippen LogP contribution in [0.15, 0.2) is 34.3 Å². The van der Waals surface area contributed by atoms with Crippen LogP contribution in [-0.4, -0.2) is 76.1 Å². The second kappa shape index (κ2) is 10.4. The Morgan fingerprint density at radius 1 is 1.12 bits per heavy atom. The molecule has 184 valence electrons. The van der Waals surface area contributed by atoms with Crippen LogP contribution in [-0.2, 0) is 26.2 Å². The number of piperidine rings is 1. The van der Waals surface area contributed by atoms with Gasteiger partial charge in [-0.1, -0.05) is 23.9 Å². The van der Waals surface area contributed by atoms with Crippen molar-refractivity contribution in [3.8, 4) is 11.4 Å². The van der Waals surface area contributed by atoms with Gasteiger partial charge in [0.05, 0.1) is 10.6 Å². The summed E-state index contributed by atoms with van der Waals surface area (Å²) in [5.41, 5.74) is 6.04. The minimum atomic E-state index is -3.53. The standard InChI is InChI=1S/C22H30N6O4S2/c1-2-28-21(17-6-5-7-18(14-17)34(31,32)27-10-3-4-11-27)24-25-22(28)33-15-19(29)26-12-8-16(9-13-26)20(23)30/h5-7,14,16H,2-4,8-13,15H2,1H3,(H2,23,30). The van der Waals surface area contributed by atoms with Gasteiger partial charge in [-0.15, -0.1) is 10.2 Å². The fraction of sp³-hybridized carbons (Fsp3) is 0.545. The summed E-state index contributed by atoms with van der Waals surface area (Å²) < 4.78 is 29.4. The fourth-order valence-corrected chi connectivity index (χ4v) is 6.87. The molecule has 0 unspecified atom stereocenters. The maximum atomic E-state index is 13.0. The van der Waals surface area contributed by atoms with Gasteiger partial charge in [-0.05, 0) is 44.7 Å². The first kappa shape index (κ1) is 24.7. The van der Waals surface area contributed by atoms with E-state index in [2.05, 4.69) is 10.2 Å². The molecule has 2 amide bonds. The zero-order chi connectivity index (χ0) is 24.3. The third kappa shape index (κ3) is 5.13. The molecule has 1 aromatic carbocycles. The molecule has 2 N–H and O–H groups in total. The summed E-state index contributed by atoms with van der Waals surface area (Å²) in [5.74, 6) is 0.301. The van der Waals surface area contributed by atoms with Crippen molar-refractivity contribution >= 4 is 33.6 Å². The van der Waals surface area contributed by atoms with Crippen LogP contribution in [0.25, 0.3) is 11.4 Å². The number of benzene rings is 1. The van der Waals surface area contributed by atoms with Crippen LogP contribution in [0.2, 0.25) is 0 Å². The van der Waals surface area contributed by atoms with E-state index in [0.717, 1.165) is 12.8 Å². The number of likely N-dealkylation sites (tertiary alicyclic amines) is 1. The second-order valence-corrected chi connectivity index (χ2v) is 11.4. The van der Waals surface area contributed by atoms with Gasteiger partial charge in [0.1, 0.15) is 0 Å². The third-order valence-electron chi connectivity index (χ3n) is 6.40. The first-order chi connectivity index (χ1) is 16.3. The van der Waals surface area contributed by atoms with E-state index >= 15 is 0 Å². The van der Waals surface area contributed by atoms with E-state index in [0.29, 0.717) is 62.1 Å². The molecule has 0 aliphatic carbocycles. The zero-order valence-electron chi connectivity index (χ0n) is 19.2. The molecule has 0 radical (unpaired) electrons. The van der Waals surface area contributed by atoms with Gasteiger partial charge in [0.2, 0.25) is 21.8 Å². The van der Waals surface area contributed by atoms with Crippen molar-refractivity contribution in [2.24, 2.45) is 11.7 Å². The van der Waals surface area contributed by atoms with E-state index < -0.39 is 10.0 Å². The third-order valence-corrected chi connectivity index (χ3v) is 9.25. The first-order valence-corrected chi connectivity index (χ1v) is 14.0. The van der Waals surface area contributed by atoms with E-state index in [1.165, 1.54) is 16.1 Å². The Hall–Kier alpha value is -2.44. The van der Waals surface area contributed by atoms with Gasteiger partial charge >= 0.3 is 0 Å². The van der Waals surface area contributed by atoms with E-state index in [1.807, 2.05) is 17.6 Å². The topological polar surface area (TPSA) is 131 Å². The van der Waals surface area contributed by atoms with Gasteiger partial charge in [-0.25, -0.2) is 8.42 Å². The van der Waals surface area contributed by atoms with Crippen molar-refractivity contribution < 1.29 is 18.0 Å². The Balaban J connectivity index is 1.46. The number of rotatable bonds is 8. The Bertz CT molecular complexity index is 1150. The van der Waals surface area contributed by atoms with Gasteiger partial charge in [0.15, 0.2) is 11.0 Å². The molecule has 1 aromatic heterocycles. The predicted molar refractivity (Wildman–Crippen MR) is 128 cm³/mol. The van der Waals surface area contributed by atoms with Gasteiger partial charge < -0.3 is 15.2 Å². The zero-order valence-corrected chi connectivity index (χ0v) is 20.9. The van der Waals surface area contributed by atoms with Crippen molar-refractivity contribution in [1.82, 2.24) is 24.0 Å². The lowest BCUT2D eigenvalue weighted by Gasteiger charge is -2.30. The molecule has 2 fully saturated rings. The van der Waals surface area contributed by atoms with Crippen molar-refractivity contribution in [3.63, 3.8) is 0 Å². The Morgan fingerprint density at radius 3 is 2.47 bits per heavy atom. The number of amides is 2. The van der Waals surface area contributed by atoms with Crippen LogP contribution >= 0.6 is 11.8 Å². The normalized spacial score (nSPS) is 17.9. The number of thioether (sulfide) groups is 1. The number of carbonyl (C=O) groups is 2. The maximum Gasteiger partial charge on any atom is 0.243 e. The number of nitrogens with two attached hydrogens (primary N) is 1. The highest BCUT2D eigenvalue weighted by Crippen LogP contribution is 2.28. The van der Waals surface area contributed by atoms with Crippen LogP contribution in [0.5, 0.6) is 0 Å². The maximum absolute atomic E-state index is 13.0. The van der Waals surface area contributed by atoms with E-state index in [9.17, 15) is 18.0 Å². The predicted octanol–water partition coefficient (Wildman–Crippen LogP) is 1.57. The summed E-state index contributed by atoms with van der Waals surface area (Å²) >= 11 is 1.31. The number of carbonyl (C=O) groups excluding carboxylic acids is 2. The molecule has 2 aromatic rings. The lowest BCUT2D eigenvalue weighted by Crippen LogP contribution is -2.42. The van der Waals surface area contributed by atoms with Crippen LogP contribution in [0.4, 0.5) is 0 Å². The summed E-state index contributed by atoms with van der Waals surface area (Å²) in [6.45, 7) is 4.68. The summed E-state index contributed by atoms with van der Waals surface area (Å²) in [5, 5.41) is 9.18. The molecular weight excluding hydrogens is 476 g/mol. The van der Waals surface area contributed by atoms with Crippen molar-refractivity contribution in [1.29, 1.82) is 0 Å². The summed E-state index contributed by atoms with van der Waals surface area (Å²) in [6, 6.07) is 6.80. The summed E-state index contributed by atoms with van der Waals surface area (Å²) in [7, 11) is -3.53. The van der Waals surface area contributed by atoms with Gasteiger partial charge in [-0.3, -0.25) is 9.59 Å². The molecule has 34 heavy (non-hydrogen) atoms. The molecule has 10 nitrogen and oxygen atoms in total. The molecule has 0 atom stereocenters. The van der Waals surface area contributed by atoms with E-state index in [4.69, 9.17) is 5.73 Å². The SMILES string of the molecule is CCn1c(SCC(=O)N2CCC(C(N)=O)CC2)nnc1-c1cccc(S(=O)(=O)N2CCCC2)c1. The van der Waals surface area contributed by atoms with Gasteiger partial charge in [0, 0.05) is 44.2 Å². The second-order valence-electron chi connectivity index (χ2n) is 8.54. The van der Waals surface area contributed by atoms with Gasteiger partial charge in [0.25, 0.3) is 0 Å². The van der Waals surface area contributed by atoms with Crippen molar-refractivity contribution in [3.05, 3.63) is 24.3 Å². The summed E-state index contributed by atoms with van der Waals surface area (Å²) in [6.07, 6.45) is 2.95. The first-order valence-electron chi connectivity index (χ1n) is 11.5. The number of aromatic nitrogens is 3. The lowest BCUT2D eigenvalue weighted by molar-refractivity contribution is -0.132. The molecule has 2 aliphatic heterocycles. The average Bonchev–Trinajstić information content (AvgIpc) is 3.53. The molecule has 3 heterocycles. The molecule has 0 spiro atoms. The Labute approximate surface area is 203 Å². The largest absolute Gasteiger partial charge is 0.369 e. The van der Waals surface area contributed by atoms with Crippen LogP contribution < -0.4 is 5.73 Å². The van der Waals surface area contributed by atoms with Crippen molar-refractivity contribution in [2.75, 3.05) is 31.9 Å². The molecule has 2 saturated heterocycles. The van der Waals surface area contributed by atoms with E-state index in [-0.39, 0.29) is 28.4 Å². The molecular formula is C22H30N6O4S2. The number of hydrogen-bond acceptors (Lipinski definition) is 7. The van der Waals surface area contributed by atoms with Crippen molar-refractivity contribution in [2.45, 2.75) is 49.2 Å². The quantitative estimate of drug-likeness (QED) is 0.538. The number of primary amides is 1. The lowest BCUT2D eigenvalue weighted by atomic mass is 9.96. The Morgan fingerprint density at radius 2 is 1.82 bits per heavy atom. The number of hydrogen-bond donors (Lipinski definition) is 1. The Kier molecular flexibility index (Phi) is 7.58. The highest BCUT2D eigenvalue weighted by molar-refractivity contribution is 7.99. The highest BCUT2D eigenvalue weighted by atomic mass is 32.2. The molecule has 12 heteroatoms. The molecule has 4 rings (SSSR count). The number of nitrogens with zero attached hydrogens (tertiary/aromatic N) is 5. The minimum Gasteiger partial charge on any atom is -0.369 e. The van der Waals surface area contributed by atoms with Crippen LogP contribution in [0.3, 0.4) is 0 Å². The van der Waals surface area contributed by atoms with Crippen LogP contribution in [0.1, 0.15) is 32.6 Å². The molecule has 2 aliphatic rings. The minimum absolute atomic E-state index is 0.0150. The van der Waals surface area contributed by atoms with E-state index in [1.54, 1.807) is 23.1 Å².